The molecule has 162 valence electrons. The number of furan rings is 1. The highest BCUT2D eigenvalue weighted by Gasteiger charge is 2.41. The molecule has 0 N–H and O–H groups in total. The molecule has 2 aromatic rings. The van der Waals surface area contributed by atoms with Gasteiger partial charge in [-0.15, -0.1) is 0 Å². The molecule has 1 aromatic carbocycles. The average molecular weight is 443 g/mol. The number of benzene rings is 1. The van der Waals surface area contributed by atoms with Crippen LogP contribution in [0.25, 0.3) is 17.4 Å². The van der Waals surface area contributed by atoms with Gasteiger partial charge in [-0.2, -0.15) is 0 Å². The van der Waals surface area contributed by atoms with E-state index >= 15 is 0 Å². The van der Waals surface area contributed by atoms with E-state index in [1.54, 1.807) is 50.2 Å². The van der Waals surface area contributed by atoms with Crippen molar-refractivity contribution >= 4 is 40.9 Å². The van der Waals surface area contributed by atoms with E-state index in [1.807, 2.05) is 0 Å². The summed E-state index contributed by atoms with van der Waals surface area (Å²) in [6.45, 7) is 5.29. The number of ether oxygens (including phenoxy) is 2. The van der Waals surface area contributed by atoms with E-state index in [0.717, 1.165) is 22.2 Å². The van der Waals surface area contributed by atoms with Crippen LogP contribution in [0.2, 0.25) is 0 Å². The molecular formula is C22H21NO7S. The summed E-state index contributed by atoms with van der Waals surface area (Å²) in [5, 5.41) is -0.543. The molecule has 2 amide bonds. The minimum atomic E-state index is -1.01. The number of hydrogen-bond acceptors (Lipinski definition) is 8. The third-order valence-electron chi connectivity index (χ3n) is 4.42. The van der Waals surface area contributed by atoms with Crippen molar-refractivity contribution < 1.29 is 33.1 Å². The summed E-state index contributed by atoms with van der Waals surface area (Å²) < 4.78 is 15.6. The molecular weight excluding hydrogens is 422 g/mol. The van der Waals surface area contributed by atoms with Crippen LogP contribution < -0.4 is 0 Å². The fourth-order valence-corrected chi connectivity index (χ4v) is 3.77. The Morgan fingerprint density at radius 2 is 1.74 bits per heavy atom. The van der Waals surface area contributed by atoms with E-state index in [0.29, 0.717) is 23.7 Å². The lowest BCUT2D eigenvalue weighted by atomic mass is 10.1. The van der Waals surface area contributed by atoms with Crippen molar-refractivity contribution in [3.8, 4) is 11.3 Å². The molecule has 9 heteroatoms. The Bertz CT molecular complexity index is 1040. The molecule has 0 saturated carbocycles. The molecule has 0 radical (unpaired) electrons. The number of imide groups is 1. The molecule has 8 nitrogen and oxygen atoms in total. The number of hydrogen-bond donors (Lipinski definition) is 0. The molecule has 1 aliphatic rings. The molecule has 3 rings (SSSR count). The zero-order valence-electron chi connectivity index (χ0n) is 17.2. The molecule has 1 aliphatic heterocycles. The maximum absolute atomic E-state index is 12.6. The van der Waals surface area contributed by atoms with Gasteiger partial charge in [0, 0.05) is 11.6 Å². The van der Waals surface area contributed by atoms with Gasteiger partial charge < -0.3 is 13.9 Å². The lowest BCUT2D eigenvalue weighted by Gasteiger charge is -2.19. The molecule has 1 saturated heterocycles. The van der Waals surface area contributed by atoms with Gasteiger partial charge in [-0.05, 0) is 56.8 Å². The molecule has 0 spiro atoms. The summed E-state index contributed by atoms with van der Waals surface area (Å²) in [4.78, 5) is 49.6. The van der Waals surface area contributed by atoms with Crippen molar-refractivity contribution in [3.05, 3.63) is 52.6 Å². The van der Waals surface area contributed by atoms with Gasteiger partial charge in [0.15, 0.2) is 0 Å². The standard InChI is InChI=1S/C22H21NO7S/c1-4-28-20(25)13(3)23-19(24)18(31-22(23)27)12-16-10-11-17(30-16)14-6-8-15(9-7-14)21(26)29-5-2/h6-13H,4-5H2,1-3H3/b18-12-/t13-/m1/s1. The van der Waals surface area contributed by atoms with E-state index in [9.17, 15) is 19.2 Å². The SMILES string of the molecule is CCOC(=O)c1ccc(-c2ccc(/C=C3\SC(=O)N([C@H](C)C(=O)OCC)C3=O)o2)cc1. The Morgan fingerprint density at radius 3 is 2.39 bits per heavy atom. The highest BCUT2D eigenvalue weighted by Crippen LogP contribution is 2.34. The first-order valence-electron chi connectivity index (χ1n) is 9.66. The van der Waals surface area contributed by atoms with Crippen LogP contribution in [0, 0.1) is 0 Å². The van der Waals surface area contributed by atoms with Gasteiger partial charge in [-0.25, -0.2) is 9.59 Å². The van der Waals surface area contributed by atoms with Crippen LogP contribution >= 0.6 is 11.8 Å². The van der Waals surface area contributed by atoms with Crippen LogP contribution in [0.15, 0.2) is 45.7 Å². The Morgan fingerprint density at radius 1 is 1.06 bits per heavy atom. The van der Waals surface area contributed by atoms with Crippen LogP contribution in [0.1, 0.15) is 36.9 Å². The van der Waals surface area contributed by atoms with E-state index in [4.69, 9.17) is 13.9 Å². The van der Waals surface area contributed by atoms with E-state index in [-0.39, 0.29) is 11.5 Å². The number of nitrogens with zero attached hydrogens (tertiary/aromatic N) is 1. The largest absolute Gasteiger partial charge is 0.464 e. The Labute approximate surface area is 183 Å². The monoisotopic (exact) mass is 443 g/mol. The van der Waals surface area contributed by atoms with Gasteiger partial charge >= 0.3 is 11.9 Å². The first kappa shape index (κ1) is 22.4. The highest BCUT2D eigenvalue weighted by atomic mass is 32.2. The zero-order chi connectivity index (χ0) is 22.5. The van der Waals surface area contributed by atoms with Gasteiger partial charge in [-0.3, -0.25) is 14.5 Å². The van der Waals surface area contributed by atoms with Crippen molar-refractivity contribution in [1.29, 1.82) is 0 Å². The second kappa shape index (κ2) is 9.65. The maximum Gasteiger partial charge on any atom is 0.338 e. The summed E-state index contributed by atoms with van der Waals surface area (Å²) in [5.41, 5.74) is 1.17. The van der Waals surface area contributed by atoms with Crippen LogP contribution in [0.4, 0.5) is 4.79 Å². The first-order chi connectivity index (χ1) is 14.8. The number of rotatable bonds is 7. The van der Waals surface area contributed by atoms with Gasteiger partial charge in [0.1, 0.15) is 17.6 Å². The molecule has 1 aromatic heterocycles. The maximum atomic E-state index is 12.6. The van der Waals surface area contributed by atoms with Crippen molar-refractivity contribution in [3.63, 3.8) is 0 Å². The third kappa shape index (κ3) is 4.88. The molecule has 1 fully saturated rings. The van der Waals surface area contributed by atoms with Crippen LogP contribution in [-0.2, 0) is 19.1 Å². The Kier molecular flexibility index (Phi) is 6.96. The average Bonchev–Trinajstić information content (AvgIpc) is 3.32. The minimum Gasteiger partial charge on any atom is -0.464 e. The number of carbonyl (C=O) groups is 4. The minimum absolute atomic E-state index is 0.153. The van der Waals surface area contributed by atoms with Gasteiger partial charge in [0.25, 0.3) is 11.1 Å². The third-order valence-corrected chi connectivity index (χ3v) is 5.30. The Balaban J connectivity index is 1.76. The highest BCUT2D eigenvalue weighted by molar-refractivity contribution is 8.18. The molecule has 2 heterocycles. The van der Waals surface area contributed by atoms with Crippen molar-refractivity contribution in [2.45, 2.75) is 26.8 Å². The van der Waals surface area contributed by atoms with Gasteiger partial charge in [0.2, 0.25) is 0 Å². The Hall–Kier alpha value is -3.33. The summed E-state index contributed by atoms with van der Waals surface area (Å²) in [6, 6.07) is 9.10. The molecule has 0 unspecified atom stereocenters. The summed E-state index contributed by atoms with van der Waals surface area (Å²) in [5.74, 6) is -0.716. The molecule has 0 aliphatic carbocycles. The summed E-state index contributed by atoms with van der Waals surface area (Å²) in [7, 11) is 0. The second-order valence-corrected chi connectivity index (χ2v) is 7.47. The number of esters is 2. The fourth-order valence-electron chi connectivity index (χ4n) is 2.88. The predicted octanol–water partition coefficient (Wildman–Crippen LogP) is 4.11. The normalized spacial score (nSPS) is 16.0. The summed E-state index contributed by atoms with van der Waals surface area (Å²) >= 11 is 0.735. The first-order valence-corrected chi connectivity index (χ1v) is 10.5. The van der Waals surface area contributed by atoms with Crippen LogP contribution in [0.3, 0.4) is 0 Å². The quantitative estimate of drug-likeness (QED) is 0.465. The zero-order valence-corrected chi connectivity index (χ0v) is 18.1. The van der Waals surface area contributed by atoms with Crippen LogP contribution in [0.5, 0.6) is 0 Å². The van der Waals surface area contributed by atoms with Gasteiger partial charge in [0.05, 0.1) is 23.7 Å². The lowest BCUT2D eigenvalue weighted by Crippen LogP contribution is -2.42. The fraction of sp³-hybridized carbons (Fsp3) is 0.273. The van der Waals surface area contributed by atoms with E-state index in [2.05, 4.69) is 0 Å². The second-order valence-electron chi connectivity index (χ2n) is 6.48. The molecule has 31 heavy (non-hydrogen) atoms. The van der Waals surface area contributed by atoms with Crippen molar-refractivity contribution in [2.75, 3.05) is 13.2 Å². The molecule has 1 atom stereocenters. The van der Waals surface area contributed by atoms with Crippen LogP contribution in [-0.4, -0.2) is 47.2 Å². The smallest absolute Gasteiger partial charge is 0.338 e. The summed E-state index contributed by atoms with van der Waals surface area (Å²) in [6.07, 6.45) is 1.46. The van der Waals surface area contributed by atoms with Crippen molar-refractivity contribution in [1.82, 2.24) is 4.90 Å². The van der Waals surface area contributed by atoms with E-state index < -0.39 is 29.1 Å². The van der Waals surface area contributed by atoms with E-state index in [1.165, 1.54) is 13.0 Å². The lowest BCUT2D eigenvalue weighted by molar-refractivity contribution is -0.150. The number of thioether (sulfide) groups is 1. The number of carbonyl (C=O) groups excluding carboxylic acids is 4. The molecule has 0 bridgehead atoms. The predicted molar refractivity (Wildman–Crippen MR) is 114 cm³/mol. The topological polar surface area (TPSA) is 103 Å². The van der Waals surface area contributed by atoms with Crippen molar-refractivity contribution in [2.24, 2.45) is 0 Å². The van der Waals surface area contributed by atoms with Gasteiger partial charge in [-0.1, -0.05) is 12.1 Å². The number of amides is 2.